The Hall–Kier alpha value is -2.22. The van der Waals surface area contributed by atoms with Gasteiger partial charge >= 0.3 is 0 Å². The highest BCUT2D eigenvalue weighted by Crippen LogP contribution is 2.22. The Morgan fingerprint density at radius 1 is 1.62 bits per heavy atom. The van der Waals surface area contributed by atoms with Crippen LogP contribution in [0.3, 0.4) is 0 Å². The summed E-state index contributed by atoms with van der Waals surface area (Å²) in [5.41, 5.74) is 7.29. The summed E-state index contributed by atoms with van der Waals surface area (Å²) in [6.07, 6.45) is 1.27. The van der Waals surface area contributed by atoms with Gasteiger partial charge in [0.1, 0.15) is 0 Å². The summed E-state index contributed by atoms with van der Waals surface area (Å²) in [6.45, 7) is 0. The predicted octanol–water partition coefficient (Wildman–Crippen LogP) is -0.165. The minimum absolute atomic E-state index is 0.0220. The molecule has 0 radical (unpaired) electrons. The molecule has 0 fully saturated rings. The van der Waals surface area contributed by atoms with Crippen molar-refractivity contribution in [1.29, 1.82) is 0 Å². The fourth-order valence-electron chi connectivity index (χ4n) is 0.928. The van der Waals surface area contributed by atoms with E-state index in [2.05, 4.69) is 22.7 Å². The molecule has 0 unspecified atom stereocenters. The molecule has 0 saturated carbocycles. The number of nitro groups is 1. The minimum atomic E-state index is -0.749. The third kappa shape index (κ3) is 3.17. The van der Waals surface area contributed by atoms with Crippen molar-refractivity contribution < 1.29 is 10.0 Å². The summed E-state index contributed by atoms with van der Waals surface area (Å²) in [5.74, 6) is -0.649. The lowest BCUT2D eigenvalue weighted by Gasteiger charge is -2.05. The van der Waals surface area contributed by atoms with E-state index >= 15 is 0 Å². The number of rotatable bonds is 3. The lowest BCUT2D eigenvalue weighted by Crippen LogP contribution is -2.23. The van der Waals surface area contributed by atoms with Gasteiger partial charge in [-0.3, -0.25) is 15.5 Å². The summed E-state index contributed by atoms with van der Waals surface area (Å²) in [4.78, 5) is 9.71. The van der Waals surface area contributed by atoms with Crippen LogP contribution in [-0.2, 0) is 0 Å². The van der Waals surface area contributed by atoms with Gasteiger partial charge in [-0.1, -0.05) is 12.1 Å². The Bertz CT molecular complexity index is 461. The van der Waals surface area contributed by atoms with E-state index in [4.69, 9.17) is 5.73 Å². The molecule has 0 heterocycles. The number of hydrogen-bond donors (Lipinski definition) is 2. The summed E-state index contributed by atoms with van der Waals surface area (Å²) in [5, 5.41) is 25.1. The summed E-state index contributed by atoms with van der Waals surface area (Å²) in [7, 11) is 0. The smallest absolute Gasteiger partial charge is 0.262 e. The minimum Gasteiger partial charge on any atom is -0.868 e. The van der Waals surface area contributed by atoms with E-state index < -0.39 is 16.4 Å². The van der Waals surface area contributed by atoms with Crippen LogP contribution in [0.15, 0.2) is 23.3 Å². The van der Waals surface area contributed by atoms with Gasteiger partial charge in [-0.05, 0) is 18.0 Å². The molecule has 0 bridgehead atoms. The van der Waals surface area contributed by atoms with Crippen molar-refractivity contribution in [3.8, 4) is 5.75 Å². The van der Waals surface area contributed by atoms with Gasteiger partial charge in [0.2, 0.25) is 0 Å². The average molecular weight is 239 g/mol. The maximum absolute atomic E-state index is 11.1. The molecule has 0 saturated heterocycles. The van der Waals surface area contributed by atoms with Crippen molar-refractivity contribution in [3.05, 3.63) is 33.9 Å². The molecule has 3 N–H and O–H groups in total. The number of hydrazone groups is 1. The van der Waals surface area contributed by atoms with Gasteiger partial charge in [-0.15, -0.1) is 0 Å². The van der Waals surface area contributed by atoms with Crippen LogP contribution in [-0.4, -0.2) is 16.3 Å². The van der Waals surface area contributed by atoms with E-state index in [-0.39, 0.29) is 5.11 Å². The van der Waals surface area contributed by atoms with Gasteiger partial charge in [0, 0.05) is 11.6 Å². The normalized spacial score (nSPS) is 10.2. The number of thiocarbonyl (C=S) groups is 1. The van der Waals surface area contributed by atoms with Crippen LogP contribution < -0.4 is 16.3 Å². The van der Waals surface area contributed by atoms with Crippen LogP contribution in [0.25, 0.3) is 0 Å². The van der Waals surface area contributed by atoms with Crippen molar-refractivity contribution in [1.82, 2.24) is 5.43 Å². The second-order valence-electron chi connectivity index (χ2n) is 2.72. The van der Waals surface area contributed by atoms with E-state index in [1.165, 1.54) is 12.3 Å². The summed E-state index contributed by atoms with van der Waals surface area (Å²) < 4.78 is 0. The maximum atomic E-state index is 11.1. The number of nitrogens with one attached hydrogen (secondary N) is 1. The fourth-order valence-corrected chi connectivity index (χ4v) is 0.981. The number of benzene rings is 1. The second-order valence-corrected chi connectivity index (χ2v) is 3.16. The quantitative estimate of drug-likeness (QED) is 0.327. The van der Waals surface area contributed by atoms with Crippen molar-refractivity contribution in [2.75, 3.05) is 0 Å². The van der Waals surface area contributed by atoms with Gasteiger partial charge in [-0.25, -0.2) is 0 Å². The highest BCUT2D eigenvalue weighted by molar-refractivity contribution is 7.80. The first-order chi connectivity index (χ1) is 7.50. The molecule has 1 aromatic rings. The van der Waals surface area contributed by atoms with Gasteiger partial charge in [0.15, 0.2) is 5.11 Å². The fraction of sp³-hybridized carbons (Fsp3) is 0. The molecule has 1 aromatic carbocycles. The van der Waals surface area contributed by atoms with Gasteiger partial charge in [0.25, 0.3) is 5.69 Å². The maximum Gasteiger partial charge on any atom is 0.262 e. The average Bonchev–Trinajstić information content (AvgIpc) is 2.19. The van der Waals surface area contributed by atoms with Crippen LogP contribution in [0.2, 0.25) is 0 Å². The van der Waals surface area contributed by atoms with Crippen LogP contribution >= 0.6 is 12.2 Å². The Labute approximate surface area is 95.7 Å². The molecule has 7 nitrogen and oxygen atoms in total. The molecule has 0 aliphatic carbocycles. The Balaban J connectivity index is 2.91. The van der Waals surface area contributed by atoms with Gasteiger partial charge < -0.3 is 10.8 Å². The zero-order valence-electron chi connectivity index (χ0n) is 7.91. The van der Waals surface area contributed by atoms with E-state index in [0.717, 1.165) is 12.1 Å². The predicted molar refractivity (Wildman–Crippen MR) is 60.1 cm³/mol. The van der Waals surface area contributed by atoms with Crippen LogP contribution in [0.4, 0.5) is 5.69 Å². The van der Waals surface area contributed by atoms with Crippen molar-refractivity contribution >= 4 is 29.2 Å². The molecule has 8 heteroatoms. The molecule has 0 atom stereocenters. The molecule has 0 aliphatic rings. The molecular weight excluding hydrogens is 232 g/mol. The molecule has 0 amide bonds. The standard InChI is InChI=1S/C8H8N4O3S/c9-8(16)11-10-4-5-1-2-7(13)6(3-5)12(14)15/h1-4,13H,(H3,9,11,16)/p-1/b10-4+. The zero-order valence-corrected chi connectivity index (χ0v) is 8.73. The van der Waals surface area contributed by atoms with E-state index in [0.29, 0.717) is 5.56 Å². The highest BCUT2D eigenvalue weighted by Gasteiger charge is 2.06. The number of nitrogens with zero attached hydrogens (tertiary/aromatic N) is 2. The van der Waals surface area contributed by atoms with Crippen molar-refractivity contribution in [3.63, 3.8) is 0 Å². The second kappa shape index (κ2) is 5.03. The zero-order chi connectivity index (χ0) is 12.1. The van der Waals surface area contributed by atoms with E-state index in [1.54, 1.807) is 0 Å². The lowest BCUT2D eigenvalue weighted by molar-refractivity contribution is -0.398. The van der Waals surface area contributed by atoms with Crippen LogP contribution in [0.5, 0.6) is 5.75 Å². The van der Waals surface area contributed by atoms with Crippen molar-refractivity contribution in [2.45, 2.75) is 0 Å². The highest BCUT2D eigenvalue weighted by atomic mass is 32.1. The van der Waals surface area contributed by atoms with Crippen LogP contribution in [0, 0.1) is 10.1 Å². The Kier molecular flexibility index (Phi) is 3.72. The van der Waals surface area contributed by atoms with Crippen molar-refractivity contribution in [2.24, 2.45) is 10.8 Å². The number of hydrogen-bond acceptors (Lipinski definition) is 5. The van der Waals surface area contributed by atoms with Gasteiger partial charge in [0.05, 0.1) is 11.1 Å². The topological polar surface area (TPSA) is 117 Å². The van der Waals surface area contributed by atoms with Crippen LogP contribution in [0.1, 0.15) is 5.56 Å². The Morgan fingerprint density at radius 3 is 2.88 bits per heavy atom. The summed E-state index contributed by atoms with van der Waals surface area (Å²) in [6, 6.07) is 3.62. The molecule has 1 rings (SSSR count). The largest absolute Gasteiger partial charge is 0.868 e. The monoisotopic (exact) mass is 239 g/mol. The van der Waals surface area contributed by atoms with E-state index in [9.17, 15) is 15.2 Å². The van der Waals surface area contributed by atoms with Gasteiger partial charge in [-0.2, -0.15) is 5.10 Å². The molecule has 0 spiro atoms. The first-order valence-electron chi connectivity index (χ1n) is 4.04. The first-order valence-corrected chi connectivity index (χ1v) is 4.45. The number of nitro benzene ring substituents is 1. The first kappa shape index (κ1) is 11.9. The van der Waals surface area contributed by atoms with E-state index in [1.807, 2.05) is 0 Å². The number of nitrogens with two attached hydrogens (primary N) is 1. The summed E-state index contributed by atoms with van der Waals surface area (Å²) >= 11 is 4.49. The lowest BCUT2D eigenvalue weighted by atomic mass is 10.2. The molecule has 0 aromatic heterocycles. The Morgan fingerprint density at radius 2 is 2.31 bits per heavy atom. The SMILES string of the molecule is NC(=S)N/N=C/c1ccc([O-])c([N+](=O)[O-])c1. The molecule has 16 heavy (non-hydrogen) atoms. The molecular formula is C8H7N4O3S-. The third-order valence-corrected chi connectivity index (χ3v) is 1.66. The third-order valence-electron chi connectivity index (χ3n) is 1.57. The molecule has 0 aliphatic heterocycles. The molecule has 84 valence electrons.